The van der Waals surface area contributed by atoms with Crippen LogP contribution < -0.4 is 11.1 Å². The lowest BCUT2D eigenvalue weighted by molar-refractivity contribution is 0.0933. The molecule has 1 aliphatic carbocycles. The zero-order valence-electron chi connectivity index (χ0n) is 13.8. The van der Waals surface area contributed by atoms with Crippen molar-refractivity contribution < 1.29 is 4.79 Å². The molecule has 1 amide bonds. The first-order valence-electron chi connectivity index (χ1n) is 7.98. The van der Waals surface area contributed by atoms with Gasteiger partial charge in [-0.05, 0) is 37.3 Å². The summed E-state index contributed by atoms with van der Waals surface area (Å²) in [6.45, 7) is 4.91. The predicted molar refractivity (Wildman–Crippen MR) is 97.6 cm³/mol. The van der Waals surface area contributed by atoms with Gasteiger partial charge in [-0.25, -0.2) is 0 Å². The molecule has 0 saturated heterocycles. The minimum Gasteiger partial charge on any atom is -0.348 e. The van der Waals surface area contributed by atoms with Gasteiger partial charge in [-0.2, -0.15) is 5.10 Å². The van der Waals surface area contributed by atoms with Crippen LogP contribution in [0.5, 0.6) is 0 Å². The highest BCUT2D eigenvalue weighted by molar-refractivity contribution is 7.20. The number of aryl methyl sites for hydroxylation is 1. The molecule has 7 heteroatoms. The maximum absolute atomic E-state index is 12.6. The number of thiophene rings is 1. The van der Waals surface area contributed by atoms with E-state index < -0.39 is 0 Å². The van der Waals surface area contributed by atoms with E-state index in [4.69, 9.17) is 5.73 Å². The summed E-state index contributed by atoms with van der Waals surface area (Å²) in [4.78, 5) is 14.4. The molecule has 3 rings (SSSR count). The number of hydrogen-bond donors (Lipinski definition) is 2. The van der Waals surface area contributed by atoms with Crippen LogP contribution in [0.1, 0.15) is 54.4 Å². The van der Waals surface area contributed by atoms with Gasteiger partial charge >= 0.3 is 0 Å². The van der Waals surface area contributed by atoms with E-state index in [1.165, 1.54) is 11.3 Å². The van der Waals surface area contributed by atoms with Crippen molar-refractivity contribution in [2.75, 3.05) is 6.54 Å². The number of nitrogens with zero attached hydrogens (tertiary/aromatic N) is 2. The van der Waals surface area contributed by atoms with E-state index in [-0.39, 0.29) is 24.4 Å². The van der Waals surface area contributed by atoms with Crippen LogP contribution >= 0.6 is 23.7 Å². The number of nitrogens with two attached hydrogens (primary N) is 1. The average molecular weight is 357 g/mol. The van der Waals surface area contributed by atoms with Gasteiger partial charge in [-0.1, -0.05) is 20.3 Å². The van der Waals surface area contributed by atoms with Gasteiger partial charge in [0.1, 0.15) is 4.83 Å². The standard InChI is InChI=1S/C16H24N4OS.ClH/c1-9(2)14-11-7-13(22-16(11)20(3)19-14)15(21)18-12-6-4-5-10(12)8-17;/h7,9-10,12H,4-6,8,17H2,1-3H3,(H,18,21);1H. The Labute approximate surface area is 147 Å². The summed E-state index contributed by atoms with van der Waals surface area (Å²) in [6, 6.07) is 2.22. The second kappa shape index (κ2) is 7.20. The lowest BCUT2D eigenvalue weighted by atomic mass is 10.0. The van der Waals surface area contributed by atoms with E-state index in [0.29, 0.717) is 18.4 Å². The molecule has 2 heterocycles. The largest absolute Gasteiger partial charge is 0.348 e. The predicted octanol–water partition coefficient (Wildman–Crippen LogP) is 3.04. The molecule has 2 unspecified atom stereocenters. The smallest absolute Gasteiger partial charge is 0.261 e. The maximum Gasteiger partial charge on any atom is 0.261 e. The number of hydrogen-bond acceptors (Lipinski definition) is 4. The van der Waals surface area contributed by atoms with Crippen molar-refractivity contribution in [3.63, 3.8) is 0 Å². The topological polar surface area (TPSA) is 72.9 Å². The van der Waals surface area contributed by atoms with Gasteiger partial charge in [0.2, 0.25) is 0 Å². The molecule has 0 aromatic carbocycles. The van der Waals surface area contributed by atoms with Crippen molar-refractivity contribution in [3.05, 3.63) is 16.6 Å². The molecular weight excluding hydrogens is 332 g/mol. The quantitative estimate of drug-likeness (QED) is 0.884. The number of nitrogens with one attached hydrogen (secondary N) is 1. The number of aromatic nitrogens is 2. The summed E-state index contributed by atoms with van der Waals surface area (Å²) >= 11 is 1.52. The molecule has 1 saturated carbocycles. The fourth-order valence-electron chi connectivity index (χ4n) is 3.35. The van der Waals surface area contributed by atoms with Crippen LogP contribution in [-0.4, -0.2) is 28.3 Å². The molecule has 2 atom stereocenters. The highest BCUT2D eigenvalue weighted by atomic mass is 35.5. The SMILES string of the molecule is CC(C)c1nn(C)c2sc(C(=O)NC3CCCC3CN)cc12.Cl. The van der Waals surface area contributed by atoms with Gasteiger partial charge in [0.15, 0.2) is 0 Å². The lowest BCUT2D eigenvalue weighted by Gasteiger charge is -2.18. The van der Waals surface area contributed by atoms with Crippen LogP contribution in [0.25, 0.3) is 10.2 Å². The number of amides is 1. The first-order chi connectivity index (χ1) is 10.5. The Hall–Kier alpha value is -1.11. The Morgan fingerprint density at radius 1 is 1.52 bits per heavy atom. The van der Waals surface area contributed by atoms with E-state index in [1.54, 1.807) is 0 Å². The third kappa shape index (κ3) is 3.39. The van der Waals surface area contributed by atoms with Crippen molar-refractivity contribution in [1.29, 1.82) is 0 Å². The Balaban J connectivity index is 0.00000192. The average Bonchev–Trinajstić information content (AvgIpc) is 3.15. The first-order valence-corrected chi connectivity index (χ1v) is 8.80. The highest BCUT2D eigenvalue weighted by Gasteiger charge is 2.28. The van der Waals surface area contributed by atoms with Crippen molar-refractivity contribution >= 4 is 39.9 Å². The second-order valence-corrected chi connectivity index (χ2v) is 7.53. The molecule has 2 aromatic rings. The summed E-state index contributed by atoms with van der Waals surface area (Å²) in [5.74, 6) is 0.804. The molecule has 0 radical (unpaired) electrons. The van der Waals surface area contributed by atoms with Gasteiger partial charge < -0.3 is 11.1 Å². The number of rotatable bonds is 4. The zero-order valence-corrected chi connectivity index (χ0v) is 15.5. The number of halogens is 1. The van der Waals surface area contributed by atoms with Gasteiger partial charge in [0.05, 0.1) is 10.6 Å². The summed E-state index contributed by atoms with van der Waals surface area (Å²) < 4.78 is 1.88. The minimum atomic E-state index is 0. The molecule has 3 N–H and O–H groups in total. The zero-order chi connectivity index (χ0) is 15.9. The molecule has 1 fully saturated rings. The summed E-state index contributed by atoms with van der Waals surface area (Å²) in [5.41, 5.74) is 6.86. The molecular formula is C16H25ClN4OS. The van der Waals surface area contributed by atoms with Gasteiger partial charge in [0, 0.05) is 18.5 Å². The summed E-state index contributed by atoms with van der Waals surface area (Å²) in [5, 5.41) is 8.84. The lowest BCUT2D eigenvalue weighted by Crippen LogP contribution is -2.39. The molecule has 0 spiro atoms. The minimum absolute atomic E-state index is 0. The maximum atomic E-state index is 12.6. The van der Waals surface area contributed by atoms with E-state index in [2.05, 4.69) is 24.3 Å². The van der Waals surface area contributed by atoms with Crippen LogP contribution in [0.3, 0.4) is 0 Å². The van der Waals surface area contributed by atoms with Crippen LogP contribution in [0.2, 0.25) is 0 Å². The first kappa shape index (κ1) is 18.2. The number of fused-ring (bicyclic) bond motifs is 1. The van der Waals surface area contributed by atoms with E-state index in [0.717, 1.165) is 40.1 Å². The van der Waals surface area contributed by atoms with Crippen LogP contribution in [0.4, 0.5) is 0 Å². The van der Waals surface area contributed by atoms with Gasteiger partial charge in [-0.15, -0.1) is 23.7 Å². The Morgan fingerprint density at radius 2 is 2.26 bits per heavy atom. The third-order valence-electron chi connectivity index (χ3n) is 4.59. The monoisotopic (exact) mass is 356 g/mol. The molecule has 23 heavy (non-hydrogen) atoms. The van der Waals surface area contributed by atoms with Crippen LogP contribution in [0, 0.1) is 5.92 Å². The van der Waals surface area contributed by atoms with E-state index in [9.17, 15) is 4.79 Å². The Kier molecular flexibility index (Phi) is 5.70. The van der Waals surface area contributed by atoms with Crippen molar-refractivity contribution in [2.45, 2.75) is 45.1 Å². The molecule has 5 nitrogen and oxygen atoms in total. The molecule has 0 bridgehead atoms. The molecule has 128 valence electrons. The van der Waals surface area contributed by atoms with E-state index >= 15 is 0 Å². The van der Waals surface area contributed by atoms with Crippen molar-refractivity contribution in [3.8, 4) is 0 Å². The van der Waals surface area contributed by atoms with Gasteiger partial charge in [-0.3, -0.25) is 9.48 Å². The Morgan fingerprint density at radius 3 is 2.91 bits per heavy atom. The second-order valence-electron chi connectivity index (χ2n) is 6.50. The summed E-state index contributed by atoms with van der Waals surface area (Å²) in [7, 11) is 1.94. The fraction of sp³-hybridized carbons (Fsp3) is 0.625. The van der Waals surface area contributed by atoms with E-state index in [1.807, 2.05) is 17.8 Å². The van der Waals surface area contributed by atoms with Crippen molar-refractivity contribution in [1.82, 2.24) is 15.1 Å². The Bertz CT molecular complexity index is 694. The number of carbonyl (C=O) groups excluding carboxylic acids is 1. The van der Waals surface area contributed by atoms with Gasteiger partial charge in [0.25, 0.3) is 5.91 Å². The summed E-state index contributed by atoms with van der Waals surface area (Å²) in [6.07, 6.45) is 3.31. The third-order valence-corrected chi connectivity index (χ3v) is 5.79. The molecule has 2 aromatic heterocycles. The molecule has 1 aliphatic rings. The van der Waals surface area contributed by atoms with Crippen molar-refractivity contribution in [2.24, 2.45) is 18.7 Å². The van der Waals surface area contributed by atoms with Crippen LogP contribution in [0.15, 0.2) is 6.07 Å². The fourth-order valence-corrected chi connectivity index (χ4v) is 4.34. The number of carbonyl (C=O) groups is 1. The highest BCUT2D eigenvalue weighted by Crippen LogP contribution is 2.32. The normalized spacial score (nSPS) is 20.9. The van der Waals surface area contributed by atoms with Crippen LogP contribution in [-0.2, 0) is 7.05 Å². The molecule has 0 aliphatic heterocycles.